The first-order chi connectivity index (χ1) is 8.74. The number of aromatic nitrogens is 3. The zero-order valence-electron chi connectivity index (χ0n) is 10.4. The van der Waals surface area contributed by atoms with Gasteiger partial charge in [0.2, 0.25) is 0 Å². The molecule has 5 nitrogen and oxygen atoms in total. The van der Waals surface area contributed by atoms with E-state index in [9.17, 15) is 4.79 Å². The Hall–Kier alpha value is -1.91. The standard InChI is InChI=1S/C13H16N4O/c1-10-4-2-6-16(9-10)13(18)11-8-12-14-5-3-7-17(12)15-11/h3,5,7-8,10H,2,4,6,9H2,1H3. The van der Waals surface area contributed by atoms with Crippen molar-refractivity contribution in [3.8, 4) is 0 Å². The molecule has 2 aromatic heterocycles. The molecule has 1 amide bonds. The van der Waals surface area contributed by atoms with Crippen molar-refractivity contribution in [1.29, 1.82) is 0 Å². The number of rotatable bonds is 1. The summed E-state index contributed by atoms with van der Waals surface area (Å²) in [5.41, 5.74) is 1.20. The Kier molecular flexibility index (Phi) is 2.74. The number of fused-ring (bicyclic) bond motifs is 1. The summed E-state index contributed by atoms with van der Waals surface area (Å²) in [7, 11) is 0. The molecule has 0 radical (unpaired) electrons. The first-order valence-corrected chi connectivity index (χ1v) is 6.34. The van der Waals surface area contributed by atoms with Crippen LogP contribution in [0.2, 0.25) is 0 Å². The van der Waals surface area contributed by atoms with Gasteiger partial charge in [0.25, 0.3) is 5.91 Å². The summed E-state index contributed by atoms with van der Waals surface area (Å²) in [6.07, 6.45) is 5.79. The Morgan fingerprint density at radius 1 is 1.50 bits per heavy atom. The van der Waals surface area contributed by atoms with Crippen molar-refractivity contribution in [2.75, 3.05) is 13.1 Å². The van der Waals surface area contributed by atoms with Gasteiger partial charge in [-0.1, -0.05) is 6.92 Å². The highest BCUT2D eigenvalue weighted by Crippen LogP contribution is 2.17. The molecular weight excluding hydrogens is 228 g/mol. The SMILES string of the molecule is CC1CCCN(C(=O)c2cc3ncccn3n2)C1. The van der Waals surface area contributed by atoms with Gasteiger partial charge in [-0.05, 0) is 24.8 Å². The number of carbonyl (C=O) groups excluding carboxylic acids is 1. The van der Waals surface area contributed by atoms with Crippen molar-refractivity contribution < 1.29 is 4.79 Å². The second kappa shape index (κ2) is 4.40. The molecule has 0 spiro atoms. The first kappa shape index (κ1) is 11.2. The van der Waals surface area contributed by atoms with Crippen molar-refractivity contribution in [2.24, 2.45) is 5.92 Å². The van der Waals surface area contributed by atoms with E-state index in [4.69, 9.17) is 0 Å². The van der Waals surface area contributed by atoms with Gasteiger partial charge >= 0.3 is 0 Å². The van der Waals surface area contributed by atoms with Crippen molar-refractivity contribution >= 4 is 11.6 Å². The van der Waals surface area contributed by atoms with Crippen LogP contribution in [-0.4, -0.2) is 38.5 Å². The lowest BCUT2D eigenvalue weighted by Crippen LogP contribution is -2.39. The Bertz CT molecular complexity index is 544. The molecule has 1 aliphatic rings. The summed E-state index contributed by atoms with van der Waals surface area (Å²) in [5.74, 6) is 0.602. The highest BCUT2D eigenvalue weighted by molar-refractivity contribution is 5.93. The Morgan fingerprint density at radius 2 is 2.39 bits per heavy atom. The molecule has 0 bridgehead atoms. The van der Waals surface area contributed by atoms with Crippen molar-refractivity contribution in [3.63, 3.8) is 0 Å². The summed E-state index contributed by atoms with van der Waals surface area (Å²) in [5, 5.41) is 4.28. The van der Waals surface area contributed by atoms with Crippen LogP contribution in [-0.2, 0) is 0 Å². The number of piperidine rings is 1. The van der Waals surface area contributed by atoms with E-state index in [1.54, 1.807) is 29.0 Å². The van der Waals surface area contributed by atoms with Gasteiger partial charge in [-0.2, -0.15) is 5.10 Å². The number of nitrogens with zero attached hydrogens (tertiary/aromatic N) is 4. The number of likely N-dealkylation sites (tertiary alicyclic amines) is 1. The van der Waals surface area contributed by atoms with Gasteiger partial charge in [-0.15, -0.1) is 0 Å². The van der Waals surface area contributed by atoms with Crippen molar-refractivity contribution in [2.45, 2.75) is 19.8 Å². The van der Waals surface area contributed by atoms with Crippen molar-refractivity contribution in [1.82, 2.24) is 19.5 Å². The second-order valence-electron chi connectivity index (χ2n) is 4.95. The molecule has 2 aromatic rings. The first-order valence-electron chi connectivity index (χ1n) is 6.34. The van der Waals surface area contributed by atoms with Crippen molar-refractivity contribution in [3.05, 3.63) is 30.2 Å². The highest BCUT2D eigenvalue weighted by Gasteiger charge is 2.23. The molecule has 3 heterocycles. The van der Waals surface area contributed by atoms with E-state index in [0.29, 0.717) is 17.3 Å². The zero-order valence-corrected chi connectivity index (χ0v) is 10.4. The second-order valence-corrected chi connectivity index (χ2v) is 4.95. The third-order valence-electron chi connectivity index (χ3n) is 3.40. The lowest BCUT2D eigenvalue weighted by atomic mass is 10.0. The van der Waals surface area contributed by atoms with Gasteiger partial charge in [-0.3, -0.25) is 4.79 Å². The maximum absolute atomic E-state index is 12.3. The molecule has 0 N–H and O–H groups in total. The minimum Gasteiger partial charge on any atom is -0.337 e. The minimum absolute atomic E-state index is 0.0204. The van der Waals surface area contributed by atoms with Crippen LogP contribution in [0.3, 0.4) is 0 Å². The van der Waals surface area contributed by atoms with Gasteiger partial charge < -0.3 is 4.90 Å². The normalized spacial score (nSPS) is 20.3. The molecule has 0 aliphatic carbocycles. The van der Waals surface area contributed by atoms with Crippen LogP contribution in [0.25, 0.3) is 5.65 Å². The average molecular weight is 244 g/mol. The topological polar surface area (TPSA) is 50.5 Å². The van der Waals surface area contributed by atoms with Crippen LogP contribution in [0.5, 0.6) is 0 Å². The quantitative estimate of drug-likeness (QED) is 0.765. The average Bonchev–Trinajstić information content (AvgIpc) is 2.81. The summed E-state index contributed by atoms with van der Waals surface area (Å²) in [6.45, 7) is 3.86. The smallest absolute Gasteiger partial charge is 0.274 e. The van der Waals surface area contributed by atoms with E-state index in [1.807, 2.05) is 4.90 Å². The molecule has 0 aromatic carbocycles. The Balaban J connectivity index is 1.87. The highest BCUT2D eigenvalue weighted by atomic mass is 16.2. The summed E-state index contributed by atoms with van der Waals surface area (Å²) in [4.78, 5) is 18.4. The number of hydrogen-bond donors (Lipinski definition) is 0. The maximum Gasteiger partial charge on any atom is 0.274 e. The van der Waals surface area contributed by atoms with E-state index >= 15 is 0 Å². The molecule has 1 aliphatic heterocycles. The minimum atomic E-state index is 0.0204. The molecular formula is C13H16N4O. The van der Waals surface area contributed by atoms with E-state index in [-0.39, 0.29) is 5.91 Å². The van der Waals surface area contributed by atoms with Gasteiger partial charge in [0.15, 0.2) is 11.3 Å². The maximum atomic E-state index is 12.3. The third kappa shape index (κ3) is 1.96. The van der Waals surface area contributed by atoms with E-state index in [0.717, 1.165) is 19.5 Å². The number of carbonyl (C=O) groups is 1. The fourth-order valence-corrected chi connectivity index (χ4v) is 2.47. The number of amides is 1. The summed E-state index contributed by atoms with van der Waals surface area (Å²) < 4.78 is 1.64. The molecule has 1 atom stereocenters. The lowest BCUT2D eigenvalue weighted by Gasteiger charge is -2.30. The molecule has 3 rings (SSSR count). The van der Waals surface area contributed by atoms with Crippen LogP contribution >= 0.6 is 0 Å². The third-order valence-corrected chi connectivity index (χ3v) is 3.40. The van der Waals surface area contributed by atoms with Gasteiger partial charge in [-0.25, -0.2) is 9.50 Å². The van der Waals surface area contributed by atoms with Gasteiger partial charge in [0.1, 0.15) is 0 Å². The lowest BCUT2D eigenvalue weighted by molar-refractivity contribution is 0.0676. The fourth-order valence-electron chi connectivity index (χ4n) is 2.47. The van der Waals surface area contributed by atoms with Crippen LogP contribution in [0, 0.1) is 5.92 Å². The van der Waals surface area contributed by atoms with E-state index < -0.39 is 0 Å². The fraction of sp³-hybridized carbons (Fsp3) is 0.462. The van der Waals surface area contributed by atoms with Crippen LogP contribution in [0.4, 0.5) is 0 Å². The van der Waals surface area contributed by atoms with E-state index in [1.165, 1.54) is 6.42 Å². The molecule has 0 saturated carbocycles. The largest absolute Gasteiger partial charge is 0.337 e. The summed E-state index contributed by atoms with van der Waals surface area (Å²) in [6, 6.07) is 3.55. The van der Waals surface area contributed by atoms with Gasteiger partial charge in [0, 0.05) is 31.5 Å². The molecule has 1 fully saturated rings. The molecule has 1 unspecified atom stereocenters. The monoisotopic (exact) mass is 244 g/mol. The van der Waals surface area contributed by atoms with E-state index in [2.05, 4.69) is 17.0 Å². The molecule has 94 valence electrons. The zero-order chi connectivity index (χ0) is 12.5. The van der Waals surface area contributed by atoms with Crippen LogP contribution in [0.1, 0.15) is 30.3 Å². The van der Waals surface area contributed by atoms with Crippen LogP contribution in [0.15, 0.2) is 24.5 Å². The Labute approximate surface area is 105 Å². The summed E-state index contributed by atoms with van der Waals surface area (Å²) >= 11 is 0. The van der Waals surface area contributed by atoms with Crippen LogP contribution < -0.4 is 0 Å². The predicted molar refractivity (Wildman–Crippen MR) is 67.3 cm³/mol. The van der Waals surface area contributed by atoms with Gasteiger partial charge in [0.05, 0.1) is 0 Å². The molecule has 1 saturated heterocycles. The number of hydrogen-bond acceptors (Lipinski definition) is 3. The predicted octanol–water partition coefficient (Wildman–Crippen LogP) is 1.60. The molecule has 5 heteroatoms. The Morgan fingerprint density at radius 3 is 3.17 bits per heavy atom. The molecule has 18 heavy (non-hydrogen) atoms.